The maximum atomic E-state index is 12.1. The topological polar surface area (TPSA) is 21.3 Å². The zero-order chi connectivity index (χ0) is 16.1. The van der Waals surface area contributed by atoms with E-state index in [1.807, 2.05) is 25.2 Å². The van der Waals surface area contributed by atoms with Gasteiger partial charge in [-0.1, -0.05) is 30.3 Å². The normalized spacial score (nSPS) is 10.7. The quantitative estimate of drug-likeness (QED) is 0.625. The summed E-state index contributed by atoms with van der Waals surface area (Å²) < 4.78 is 17.7. The van der Waals surface area contributed by atoms with Gasteiger partial charge in [0.05, 0.1) is 13.3 Å². The Morgan fingerprint density at radius 3 is 2.30 bits per heavy atom. The van der Waals surface area contributed by atoms with Crippen molar-refractivity contribution in [1.29, 1.82) is 0 Å². The van der Waals surface area contributed by atoms with Gasteiger partial charge in [-0.3, -0.25) is 4.39 Å². The molecule has 3 heteroatoms. The number of hydrogen-bond acceptors (Lipinski definition) is 2. The van der Waals surface area contributed by atoms with Gasteiger partial charge in [0, 0.05) is 19.2 Å². The van der Waals surface area contributed by atoms with Gasteiger partial charge in [-0.15, -0.1) is 0 Å². The average molecular weight is 309 g/mol. The molecule has 3 aromatic rings. The van der Waals surface area contributed by atoms with Crippen LogP contribution in [0.15, 0.2) is 60.7 Å². The fourth-order valence-electron chi connectivity index (χ4n) is 2.57. The van der Waals surface area contributed by atoms with Crippen molar-refractivity contribution in [3.8, 4) is 16.9 Å². The minimum atomic E-state index is -0.344. The van der Waals surface area contributed by atoms with E-state index < -0.39 is 0 Å². The number of anilines is 1. The Balaban J connectivity index is 1.85. The number of nitrogens with one attached hydrogen (secondary N) is 1. The molecule has 3 rings (SSSR count). The molecule has 2 nitrogen and oxygen atoms in total. The van der Waals surface area contributed by atoms with Crippen molar-refractivity contribution in [3.05, 3.63) is 60.7 Å². The SMILES string of the molecule is CNc1ccc(-c2ccc3cc(OCCCF)ccc3c2)cc1. The summed E-state index contributed by atoms with van der Waals surface area (Å²) >= 11 is 0. The molecule has 0 saturated heterocycles. The molecular weight excluding hydrogens is 289 g/mol. The third-order valence-electron chi connectivity index (χ3n) is 3.87. The van der Waals surface area contributed by atoms with Gasteiger partial charge >= 0.3 is 0 Å². The van der Waals surface area contributed by atoms with Crippen molar-refractivity contribution in [2.75, 3.05) is 25.6 Å². The summed E-state index contributed by atoms with van der Waals surface area (Å²) in [6, 6.07) is 20.7. The largest absolute Gasteiger partial charge is 0.493 e. The van der Waals surface area contributed by atoms with Crippen LogP contribution in [0.25, 0.3) is 21.9 Å². The van der Waals surface area contributed by atoms with Gasteiger partial charge in [0.1, 0.15) is 5.75 Å². The number of ether oxygens (including phenoxy) is 1. The van der Waals surface area contributed by atoms with Crippen LogP contribution >= 0.6 is 0 Å². The number of alkyl halides is 1. The van der Waals surface area contributed by atoms with E-state index >= 15 is 0 Å². The first-order valence-corrected chi connectivity index (χ1v) is 7.81. The van der Waals surface area contributed by atoms with Crippen LogP contribution in [0.4, 0.5) is 10.1 Å². The molecular formula is C20H20FNO. The fraction of sp³-hybridized carbons (Fsp3) is 0.200. The molecule has 0 amide bonds. The van der Waals surface area contributed by atoms with Crippen LogP contribution in [0.1, 0.15) is 6.42 Å². The summed E-state index contributed by atoms with van der Waals surface area (Å²) in [4.78, 5) is 0. The van der Waals surface area contributed by atoms with Crippen molar-refractivity contribution in [3.63, 3.8) is 0 Å². The highest BCUT2D eigenvalue weighted by atomic mass is 19.1. The maximum absolute atomic E-state index is 12.1. The van der Waals surface area contributed by atoms with Crippen molar-refractivity contribution in [1.82, 2.24) is 0 Å². The van der Waals surface area contributed by atoms with E-state index in [-0.39, 0.29) is 6.67 Å². The van der Waals surface area contributed by atoms with E-state index in [9.17, 15) is 4.39 Å². The first kappa shape index (κ1) is 15.3. The van der Waals surface area contributed by atoms with E-state index in [1.54, 1.807) is 0 Å². The van der Waals surface area contributed by atoms with E-state index in [0.29, 0.717) is 13.0 Å². The Morgan fingerprint density at radius 1 is 0.870 bits per heavy atom. The molecule has 0 atom stereocenters. The summed E-state index contributed by atoms with van der Waals surface area (Å²) in [7, 11) is 1.91. The molecule has 3 aromatic carbocycles. The van der Waals surface area contributed by atoms with E-state index in [4.69, 9.17) is 4.74 Å². The highest BCUT2D eigenvalue weighted by Gasteiger charge is 2.02. The van der Waals surface area contributed by atoms with E-state index in [1.165, 1.54) is 11.1 Å². The molecule has 0 saturated carbocycles. The lowest BCUT2D eigenvalue weighted by Crippen LogP contribution is -1.97. The van der Waals surface area contributed by atoms with Gasteiger partial charge < -0.3 is 10.1 Å². The zero-order valence-electron chi connectivity index (χ0n) is 13.2. The number of benzene rings is 3. The van der Waals surface area contributed by atoms with Gasteiger partial charge in [-0.05, 0) is 52.2 Å². The Bertz CT molecular complexity index is 783. The second-order valence-corrected chi connectivity index (χ2v) is 5.44. The van der Waals surface area contributed by atoms with Gasteiger partial charge in [-0.25, -0.2) is 0 Å². The summed E-state index contributed by atoms with van der Waals surface area (Å²) in [5, 5.41) is 5.41. The third kappa shape index (κ3) is 3.62. The third-order valence-corrected chi connectivity index (χ3v) is 3.87. The fourth-order valence-corrected chi connectivity index (χ4v) is 2.57. The van der Waals surface area contributed by atoms with Gasteiger partial charge in [0.25, 0.3) is 0 Å². The van der Waals surface area contributed by atoms with Gasteiger partial charge in [0.2, 0.25) is 0 Å². The highest BCUT2D eigenvalue weighted by Crippen LogP contribution is 2.27. The monoisotopic (exact) mass is 309 g/mol. The second kappa shape index (κ2) is 7.14. The lowest BCUT2D eigenvalue weighted by atomic mass is 10.0. The Labute approximate surface area is 135 Å². The minimum absolute atomic E-state index is 0.344. The van der Waals surface area contributed by atoms with E-state index in [2.05, 4.69) is 47.8 Å². The second-order valence-electron chi connectivity index (χ2n) is 5.44. The van der Waals surface area contributed by atoms with Gasteiger partial charge in [-0.2, -0.15) is 0 Å². The molecule has 0 unspecified atom stereocenters. The van der Waals surface area contributed by atoms with Crippen molar-refractivity contribution >= 4 is 16.5 Å². The average Bonchev–Trinajstić information content (AvgIpc) is 2.61. The number of halogens is 1. The van der Waals surface area contributed by atoms with Gasteiger partial charge in [0.15, 0.2) is 0 Å². The molecule has 0 bridgehead atoms. The maximum Gasteiger partial charge on any atom is 0.119 e. The highest BCUT2D eigenvalue weighted by molar-refractivity contribution is 5.88. The molecule has 118 valence electrons. The summed E-state index contributed by atoms with van der Waals surface area (Å²) in [6.07, 6.45) is 0.430. The Hall–Kier alpha value is -2.55. The van der Waals surface area contributed by atoms with Crippen LogP contribution in [0, 0.1) is 0 Å². The van der Waals surface area contributed by atoms with E-state index in [0.717, 1.165) is 22.2 Å². The molecule has 0 heterocycles. The lowest BCUT2D eigenvalue weighted by Gasteiger charge is -2.08. The molecule has 0 aliphatic heterocycles. The number of hydrogen-bond donors (Lipinski definition) is 1. The minimum Gasteiger partial charge on any atom is -0.493 e. The van der Waals surface area contributed by atoms with Crippen LogP contribution in [-0.2, 0) is 0 Å². The Kier molecular flexibility index (Phi) is 4.77. The van der Waals surface area contributed by atoms with Crippen molar-refractivity contribution in [2.24, 2.45) is 0 Å². The first-order chi connectivity index (χ1) is 11.3. The predicted molar refractivity (Wildman–Crippen MR) is 95.0 cm³/mol. The number of rotatable bonds is 6. The Morgan fingerprint density at radius 2 is 1.57 bits per heavy atom. The molecule has 1 N–H and O–H groups in total. The lowest BCUT2D eigenvalue weighted by molar-refractivity contribution is 0.290. The molecule has 0 spiro atoms. The molecule has 0 aliphatic carbocycles. The summed E-state index contributed by atoms with van der Waals surface area (Å²) in [6.45, 7) is 0.0706. The molecule has 23 heavy (non-hydrogen) atoms. The molecule has 0 fully saturated rings. The molecule has 0 radical (unpaired) electrons. The smallest absolute Gasteiger partial charge is 0.119 e. The summed E-state index contributed by atoms with van der Waals surface area (Å²) in [5.74, 6) is 0.789. The van der Waals surface area contributed by atoms with Crippen molar-refractivity contribution in [2.45, 2.75) is 6.42 Å². The standard InChI is InChI=1S/C20H20FNO/c1-22-19-8-5-15(6-9-19)16-3-4-18-14-20(23-12-2-11-21)10-7-17(18)13-16/h3-10,13-14,22H,2,11-12H2,1H3. The van der Waals surface area contributed by atoms with Crippen LogP contribution in [0.2, 0.25) is 0 Å². The number of fused-ring (bicyclic) bond motifs is 1. The van der Waals surface area contributed by atoms with Crippen LogP contribution in [-0.4, -0.2) is 20.3 Å². The molecule has 0 aliphatic rings. The summed E-state index contributed by atoms with van der Waals surface area (Å²) in [5.41, 5.74) is 3.48. The molecule has 0 aromatic heterocycles. The van der Waals surface area contributed by atoms with Crippen LogP contribution < -0.4 is 10.1 Å². The predicted octanol–water partition coefficient (Wildman–Crippen LogP) is 5.29. The van der Waals surface area contributed by atoms with Crippen LogP contribution in [0.3, 0.4) is 0 Å². The zero-order valence-corrected chi connectivity index (χ0v) is 13.2. The van der Waals surface area contributed by atoms with Crippen molar-refractivity contribution < 1.29 is 9.13 Å². The van der Waals surface area contributed by atoms with Crippen LogP contribution in [0.5, 0.6) is 5.75 Å². The first-order valence-electron chi connectivity index (χ1n) is 7.81.